The van der Waals surface area contributed by atoms with E-state index >= 15 is 0 Å². The highest BCUT2D eigenvalue weighted by atomic mass is 16.6. The molecule has 30 heavy (non-hydrogen) atoms. The van der Waals surface area contributed by atoms with Gasteiger partial charge in [-0.25, -0.2) is 4.79 Å². The fraction of sp³-hybridized carbons (Fsp3) is 0.696. The number of carbonyl (C=O) groups excluding carboxylic acids is 3. The molecule has 0 fully saturated rings. The molecule has 0 heterocycles. The molecule has 0 radical (unpaired) electrons. The van der Waals surface area contributed by atoms with Gasteiger partial charge in [0.15, 0.2) is 0 Å². The van der Waals surface area contributed by atoms with Crippen molar-refractivity contribution in [2.24, 2.45) is 0 Å². The fourth-order valence-corrected chi connectivity index (χ4v) is 2.68. The van der Waals surface area contributed by atoms with Crippen LogP contribution in [0.15, 0.2) is 25.3 Å². The van der Waals surface area contributed by atoms with E-state index in [-0.39, 0.29) is 18.4 Å². The van der Waals surface area contributed by atoms with E-state index in [0.717, 1.165) is 38.5 Å². The van der Waals surface area contributed by atoms with E-state index in [1.54, 1.807) is 26.8 Å². The molecule has 0 bridgehead atoms. The molecule has 7 nitrogen and oxygen atoms in total. The molecule has 0 saturated carbocycles. The molecule has 0 rings (SSSR count). The molecule has 0 spiro atoms. The van der Waals surface area contributed by atoms with Crippen LogP contribution in [0.3, 0.4) is 0 Å². The Morgan fingerprint density at radius 3 is 2.10 bits per heavy atom. The minimum absolute atomic E-state index is 0.0378. The highest BCUT2D eigenvalue weighted by molar-refractivity contribution is 5.88. The van der Waals surface area contributed by atoms with Crippen LogP contribution in [-0.2, 0) is 14.3 Å². The summed E-state index contributed by atoms with van der Waals surface area (Å²) in [5.74, 6) is -0.542. The van der Waals surface area contributed by atoms with Crippen molar-refractivity contribution in [3.63, 3.8) is 0 Å². The number of hydrogen-bond acceptors (Lipinski definition) is 4. The van der Waals surface area contributed by atoms with Crippen LogP contribution in [0.1, 0.15) is 78.6 Å². The molecule has 0 saturated heterocycles. The van der Waals surface area contributed by atoms with Crippen molar-refractivity contribution in [1.82, 2.24) is 16.0 Å². The zero-order valence-electron chi connectivity index (χ0n) is 19.1. The number of rotatable bonds is 16. The van der Waals surface area contributed by atoms with Crippen LogP contribution in [0.25, 0.3) is 0 Å². The van der Waals surface area contributed by atoms with Crippen LogP contribution >= 0.6 is 0 Å². The minimum Gasteiger partial charge on any atom is -0.444 e. The van der Waals surface area contributed by atoms with Gasteiger partial charge in [0.1, 0.15) is 11.6 Å². The van der Waals surface area contributed by atoms with Crippen LogP contribution in [0.2, 0.25) is 0 Å². The van der Waals surface area contributed by atoms with Crippen molar-refractivity contribution < 1.29 is 19.1 Å². The van der Waals surface area contributed by atoms with Gasteiger partial charge < -0.3 is 20.7 Å². The molecule has 0 aliphatic heterocycles. The predicted octanol–water partition coefficient (Wildman–Crippen LogP) is 4.00. The summed E-state index contributed by atoms with van der Waals surface area (Å²) in [4.78, 5) is 36.5. The normalized spacial score (nSPS) is 11.8. The highest BCUT2D eigenvalue weighted by Crippen LogP contribution is 2.09. The summed E-state index contributed by atoms with van der Waals surface area (Å²) < 4.78 is 5.19. The number of hydrogen-bond donors (Lipinski definition) is 3. The van der Waals surface area contributed by atoms with E-state index in [1.807, 2.05) is 6.08 Å². The molecule has 3 N–H and O–H groups in total. The quantitative estimate of drug-likeness (QED) is 0.258. The van der Waals surface area contributed by atoms with Crippen molar-refractivity contribution in [2.75, 3.05) is 13.1 Å². The maximum absolute atomic E-state index is 12.4. The number of carbonyl (C=O) groups is 3. The lowest BCUT2D eigenvalue weighted by Gasteiger charge is -2.22. The first-order chi connectivity index (χ1) is 14.2. The third kappa shape index (κ3) is 16.6. The SMILES string of the molecule is C=CCCCCCCCCC(=O)N[C@@H](CNC(=O)OC(C)(C)C)C(=O)NCCC=C. The Balaban J connectivity index is 4.41. The summed E-state index contributed by atoms with van der Waals surface area (Å²) in [6, 6.07) is -0.853. The third-order valence-electron chi connectivity index (χ3n) is 4.21. The van der Waals surface area contributed by atoms with Gasteiger partial charge in [-0.2, -0.15) is 0 Å². The third-order valence-corrected chi connectivity index (χ3v) is 4.21. The number of allylic oxidation sites excluding steroid dienone is 1. The standard InChI is InChI=1S/C23H41N3O4/c1-6-8-10-11-12-13-14-15-16-20(27)26-19(21(28)24-17-9-7-2)18-25-22(29)30-23(3,4)5/h6-7,19H,1-2,8-18H2,3-5H3,(H,24,28)(H,25,29)(H,26,27)/t19-/m0/s1. The van der Waals surface area contributed by atoms with E-state index in [1.165, 1.54) is 6.42 Å². The Bertz CT molecular complexity index is 541. The lowest BCUT2D eigenvalue weighted by atomic mass is 10.1. The molecular weight excluding hydrogens is 382 g/mol. The number of alkyl carbamates (subject to hydrolysis) is 1. The monoisotopic (exact) mass is 423 g/mol. The van der Waals surface area contributed by atoms with E-state index in [4.69, 9.17) is 4.74 Å². The summed E-state index contributed by atoms with van der Waals surface area (Å²) >= 11 is 0. The first-order valence-electron chi connectivity index (χ1n) is 10.9. The Morgan fingerprint density at radius 1 is 0.900 bits per heavy atom. The van der Waals surface area contributed by atoms with Gasteiger partial charge in [-0.1, -0.05) is 37.8 Å². The lowest BCUT2D eigenvalue weighted by molar-refractivity contribution is -0.128. The minimum atomic E-state index is -0.853. The first-order valence-corrected chi connectivity index (χ1v) is 10.9. The number of amides is 3. The second-order valence-electron chi connectivity index (χ2n) is 8.32. The molecule has 1 atom stereocenters. The van der Waals surface area contributed by atoms with Crippen molar-refractivity contribution in [3.05, 3.63) is 25.3 Å². The lowest BCUT2D eigenvalue weighted by Crippen LogP contribution is -2.53. The largest absolute Gasteiger partial charge is 0.444 e. The number of unbranched alkanes of at least 4 members (excludes halogenated alkanes) is 6. The summed E-state index contributed by atoms with van der Waals surface area (Å²) in [7, 11) is 0. The maximum Gasteiger partial charge on any atom is 0.407 e. The summed E-state index contributed by atoms with van der Waals surface area (Å²) in [6.45, 7) is 13.0. The Labute approximate surface area is 182 Å². The van der Waals surface area contributed by atoms with Gasteiger partial charge in [-0.05, 0) is 46.5 Å². The van der Waals surface area contributed by atoms with Crippen LogP contribution in [0, 0.1) is 0 Å². The molecule has 0 unspecified atom stereocenters. The van der Waals surface area contributed by atoms with Gasteiger partial charge >= 0.3 is 6.09 Å². The van der Waals surface area contributed by atoms with E-state index in [9.17, 15) is 14.4 Å². The van der Waals surface area contributed by atoms with E-state index in [0.29, 0.717) is 19.4 Å². The van der Waals surface area contributed by atoms with Crippen molar-refractivity contribution in [3.8, 4) is 0 Å². The highest BCUT2D eigenvalue weighted by Gasteiger charge is 2.23. The van der Waals surface area contributed by atoms with Crippen molar-refractivity contribution in [1.29, 1.82) is 0 Å². The number of nitrogens with one attached hydrogen (secondary N) is 3. The number of ether oxygens (including phenoxy) is 1. The van der Waals surface area contributed by atoms with Crippen LogP contribution < -0.4 is 16.0 Å². The van der Waals surface area contributed by atoms with Gasteiger partial charge in [0.25, 0.3) is 0 Å². The molecule has 0 aromatic rings. The van der Waals surface area contributed by atoms with Crippen molar-refractivity contribution in [2.45, 2.75) is 90.2 Å². The fourth-order valence-electron chi connectivity index (χ4n) is 2.68. The molecule has 0 aromatic heterocycles. The predicted molar refractivity (Wildman–Crippen MR) is 121 cm³/mol. The molecule has 0 aliphatic carbocycles. The van der Waals surface area contributed by atoms with Crippen LogP contribution in [0.4, 0.5) is 4.79 Å². The van der Waals surface area contributed by atoms with Crippen LogP contribution in [0.5, 0.6) is 0 Å². The van der Waals surface area contributed by atoms with Gasteiger partial charge in [-0.15, -0.1) is 13.2 Å². The van der Waals surface area contributed by atoms with Gasteiger partial charge in [-0.3, -0.25) is 9.59 Å². The van der Waals surface area contributed by atoms with E-state index in [2.05, 4.69) is 29.1 Å². The van der Waals surface area contributed by atoms with Crippen LogP contribution in [-0.4, -0.2) is 42.6 Å². The zero-order chi connectivity index (χ0) is 22.8. The van der Waals surface area contributed by atoms with Gasteiger partial charge in [0.05, 0.1) is 6.54 Å². The van der Waals surface area contributed by atoms with Gasteiger partial charge in [0, 0.05) is 13.0 Å². The Hall–Kier alpha value is -2.31. The average molecular weight is 424 g/mol. The zero-order valence-corrected chi connectivity index (χ0v) is 19.1. The molecule has 172 valence electrons. The Morgan fingerprint density at radius 2 is 1.50 bits per heavy atom. The smallest absolute Gasteiger partial charge is 0.407 e. The molecule has 0 aromatic carbocycles. The molecule has 7 heteroatoms. The Kier molecular flexibility index (Phi) is 15.2. The average Bonchev–Trinajstić information content (AvgIpc) is 2.65. The van der Waals surface area contributed by atoms with E-state index < -0.39 is 17.7 Å². The summed E-state index contributed by atoms with van der Waals surface area (Å²) in [6.07, 6.45) is 11.4. The summed E-state index contributed by atoms with van der Waals surface area (Å²) in [5.41, 5.74) is -0.638. The topological polar surface area (TPSA) is 96.5 Å². The first kappa shape index (κ1) is 27.7. The van der Waals surface area contributed by atoms with Crippen molar-refractivity contribution >= 4 is 17.9 Å². The maximum atomic E-state index is 12.4. The van der Waals surface area contributed by atoms with Gasteiger partial charge in [0.2, 0.25) is 11.8 Å². The second kappa shape index (κ2) is 16.5. The molecule has 3 amide bonds. The molecular formula is C23H41N3O4. The molecule has 0 aliphatic rings. The second-order valence-corrected chi connectivity index (χ2v) is 8.32. The summed E-state index contributed by atoms with van der Waals surface area (Å²) in [5, 5.41) is 8.01.